The van der Waals surface area contributed by atoms with Crippen molar-refractivity contribution in [2.24, 2.45) is 0 Å². The maximum absolute atomic E-state index is 5.59. The molecule has 1 N–H and O–H groups in total. The summed E-state index contributed by atoms with van der Waals surface area (Å²) in [6.07, 6.45) is 1.39. The number of nitrogens with one attached hydrogen (secondary N) is 1. The van der Waals surface area contributed by atoms with Gasteiger partial charge in [0.25, 0.3) is 0 Å². The highest BCUT2D eigenvalue weighted by molar-refractivity contribution is 4.84. The Balaban J connectivity index is 1.84. The summed E-state index contributed by atoms with van der Waals surface area (Å²) >= 11 is 0. The summed E-state index contributed by atoms with van der Waals surface area (Å²) in [6, 6.07) is 1.22. The van der Waals surface area contributed by atoms with Gasteiger partial charge in [-0.1, -0.05) is 0 Å². The summed E-state index contributed by atoms with van der Waals surface area (Å²) in [5, 5.41) is 3.44. The molecule has 3 unspecified atom stereocenters. The first kappa shape index (κ1) is 11.3. The molecule has 2 rings (SSSR count). The van der Waals surface area contributed by atoms with Gasteiger partial charge in [0.05, 0.1) is 12.7 Å². The molecular weight excluding hydrogens is 192 g/mol. The lowest BCUT2D eigenvalue weighted by molar-refractivity contribution is -0.149. The van der Waals surface area contributed by atoms with Crippen LogP contribution in [0.4, 0.5) is 0 Å². The van der Waals surface area contributed by atoms with Crippen LogP contribution in [-0.2, 0) is 9.47 Å². The highest BCUT2D eigenvalue weighted by atomic mass is 16.7. The summed E-state index contributed by atoms with van der Waals surface area (Å²) in [6.45, 7) is 9.11. The van der Waals surface area contributed by atoms with E-state index in [-0.39, 0.29) is 0 Å². The van der Waals surface area contributed by atoms with E-state index < -0.39 is 0 Å². The molecule has 88 valence electrons. The lowest BCUT2D eigenvalue weighted by Gasteiger charge is -2.41. The second-order valence-electron chi connectivity index (χ2n) is 4.66. The zero-order valence-corrected chi connectivity index (χ0v) is 9.74. The predicted octanol–water partition coefficient (Wildman–Crippen LogP) is 0.432. The van der Waals surface area contributed by atoms with Crippen molar-refractivity contribution in [3.63, 3.8) is 0 Å². The van der Waals surface area contributed by atoms with Gasteiger partial charge < -0.3 is 14.8 Å². The second-order valence-corrected chi connectivity index (χ2v) is 4.66. The minimum atomic E-state index is 0.363. The highest BCUT2D eigenvalue weighted by Crippen LogP contribution is 2.14. The van der Waals surface area contributed by atoms with Crippen molar-refractivity contribution in [2.45, 2.75) is 38.5 Å². The zero-order chi connectivity index (χ0) is 10.7. The van der Waals surface area contributed by atoms with Crippen molar-refractivity contribution in [2.75, 3.05) is 33.0 Å². The minimum Gasteiger partial charge on any atom is -0.355 e. The van der Waals surface area contributed by atoms with Crippen LogP contribution < -0.4 is 5.32 Å². The molecule has 0 aliphatic carbocycles. The molecule has 0 radical (unpaired) electrons. The van der Waals surface area contributed by atoms with Gasteiger partial charge in [0.1, 0.15) is 6.79 Å². The Kier molecular flexibility index (Phi) is 3.97. The third-order valence-electron chi connectivity index (χ3n) is 3.40. The summed E-state index contributed by atoms with van der Waals surface area (Å²) < 4.78 is 10.8. The quantitative estimate of drug-likeness (QED) is 0.723. The molecule has 0 aromatic carbocycles. The van der Waals surface area contributed by atoms with Gasteiger partial charge in [0.2, 0.25) is 0 Å². The van der Waals surface area contributed by atoms with Crippen LogP contribution in [-0.4, -0.2) is 56.1 Å². The summed E-state index contributed by atoms with van der Waals surface area (Å²) in [4.78, 5) is 2.55. The Morgan fingerprint density at radius 3 is 2.60 bits per heavy atom. The van der Waals surface area contributed by atoms with Crippen molar-refractivity contribution in [1.29, 1.82) is 0 Å². The second kappa shape index (κ2) is 5.25. The Hall–Kier alpha value is -0.160. The number of rotatable bonds is 2. The van der Waals surface area contributed by atoms with Crippen molar-refractivity contribution >= 4 is 0 Å². The van der Waals surface area contributed by atoms with Gasteiger partial charge in [-0.15, -0.1) is 0 Å². The minimum absolute atomic E-state index is 0.363. The molecule has 0 spiro atoms. The predicted molar refractivity (Wildman–Crippen MR) is 58.8 cm³/mol. The molecule has 0 amide bonds. The molecule has 0 aromatic heterocycles. The number of hydrogen-bond donors (Lipinski definition) is 1. The molecule has 0 bridgehead atoms. The molecule has 3 atom stereocenters. The van der Waals surface area contributed by atoms with Crippen molar-refractivity contribution in [1.82, 2.24) is 10.2 Å². The van der Waals surface area contributed by atoms with E-state index in [4.69, 9.17) is 9.47 Å². The van der Waals surface area contributed by atoms with E-state index in [0.29, 0.717) is 25.0 Å². The number of piperazine rings is 1. The van der Waals surface area contributed by atoms with Crippen molar-refractivity contribution in [3.05, 3.63) is 0 Å². The largest absolute Gasteiger partial charge is 0.355 e. The van der Waals surface area contributed by atoms with Crippen molar-refractivity contribution < 1.29 is 9.47 Å². The van der Waals surface area contributed by atoms with Gasteiger partial charge in [-0.05, 0) is 20.3 Å². The van der Waals surface area contributed by atoms with Crippen LogP contribution in [0.5, 0.6) is 0 Å². The first-order valence-electron chi connectivity index (χ1n) is 5.93. The molecular formula is C11H22N2O2. The Labute approximate surface area is 91.9 Å². The van der Waals surface area contributed by atoms with E-state index in [2.05, 4.69) is 24.1 Å². The fourth-order valence-electron chi connectivity index (χ4n) is 2.41. The number of nitrogens with zero attached hydrogens (tertiary/aromatic N) is 1. The molecule has 2 saturated heterocycles. The lowest BCUT2D eigenvalue weighted by atomic mass is 10.1. The normalized spacial score (nSPS) is 39.2. The van der Waals surface area contributed by atoms with Gasteiger partial charge in [0, 0.05) is 31.7 Å². The Morgan fingerprint density at radius 2 is 2.00 bits per heavy atom. The van der Waals surface area contributed by atoms with E-state index >= 15 is 0 Å². The highest BCUT2D eigenvalue weighted by Gasteiger charge is 2.27. The fraction of sp³-hybridized carbons (Fsp3) is 1.00. The Morgan fingerprint density at radius 1 is 1.27 bits per heavy atom. The molecule has 0 saturated carbocycles. The van der Waals surface area contributed by atoms with E-state index in [9.17, 15) is 0 Å². The third-order valence-corrected chi connectivity index (χ3v) is 3.40. The van der Waals surface area contributed by atoms with Gasteiger partial charge in [-0.2, -0.15) is 0 Å². The molecule has 2 heterocycles. The van der Waals surface area contributed by atoms with Crippen LogP contribution >= 0.6 is 0 Å². The van der Waals surface area contributed by atoms with Gasteiger partial charge in [-0.3, -0.25) is 4.90 Å². The molecule has 2 aliphatic heterocycles. The molecule has 15 heavy (non-hydrogen) atoms. The van der Waals surface area contributed by atoms with Crippen LogP contribution in [0, 0.1) is 0 Å². The topological polar surface area (TPSA) is 33.7 Å². The fourth-order valence-corrected chi connectivity index (χ4v) is 2.41. The number of ether oxygens (including phenoxy) is 2. The molecule has 2 aliphatic rings. The average molecular weight is 214 g/mol. The summed E-state index contributed by atoms with van der Waals surface area (Å²) in [5.74, 6) is 0. The molecule has 2 fully saturated rings. The monoisotopic (exact) mass is 214 g/mol. The Bertz CT molecular complexity index is 185. The van der Waals surface area contributed by atoms with Crippen LogP contribution in [0.15, 0.2) is 0 Å². The average Bonchev–Trinajstić information content (AvgIpc) is 2.25. The lowest BCUT2D eigenvalue weighted by Crippen LogP contribution is -2.57. The van der Waals surface area contributed by atoms with Crippen molar-refractivity contribution in [3.8, 4) is 0 Å². The molecule has 4 nitrogen and oxygen atoms in total. The summed E-state index contributed by atoms with van der Waals surface area (Å²) in [7, 11) is 0. The first-order chi connectivity index (χ1) is 7.27. The smallest absolute Gasteiger partial charge is 0.147 e. The summed E-state index contributed by atoms with van der Waals surface area (Å²) in [5.41, 5.74) is 0. The zero-order valence-electron chi connectivity index (χ0n) is 9.74. The number of hydrogen-bond acceptors (Lipinski definition) is 4. The standard InChI is InChI=1S/C11H22N2O2/c1-9-5-12-6-10(2)13(9)7-11-3-4-14-8-15-11/h9-12H,3-8H2,1-2H3. The van der Waals surface area contributed by atoms with Crippen LogP contribution in [0.3, 0.4) is 0 Å². The van der Waals surface area contributed by atoms with E-state index in [1.807, 2.05) is 0 Å². The van der Waals surface area contributed by atoms with E-state index in [0.717, 1.165) is 32.7 Å². The van der Waals surface area contributed by atoms with Gasteiger partial charge in [-0.25, -0.2) is 0 Å². The third kappa shape index (κ3) is 2.91. The maximum atomic E-state index is 5.59. The van der Waals surface area contributed by atoms with E-state index in [1.165, 1.54) is 0 Å². The first-order valence-corrected chi connectivity index (χ1v) is 5.93. The van der Waals surface area contributed by atoms with Crippen LogP contribution in [0.25, 0.3) is 0 Å². The SMILES string of the molecule is CC1CNCC(C)N1CC1CCOCO1. The van der Waals surface area contributed by atoms with Crippen LogP contribution in [0.1, 0.15) is 20.3 Å². The van der Waals surface area contributed by atoms with Gasteiger partial charge >= 0.3 is 0 Å². The van der Waals surface area contributed by atoms with Gasteiger partial charge in [0.15, 0.2) is 0 Å². The van der Waals surface area contributed by atoms with Crippen LogP contribution in [0.2, 0.25) is 0 Å². The van der Waals surface area contributed by atoms with E-state index in [1.54, 1.807) is 0 Å². The molecule has 0 aromatic rings. The molecule has 4 heteroatoms. The maximum Gasteiger partial charge on any atom is 0.147 e.